The summed E-state index contributed by atoms with van der Waals surface area (Å²) >= 11 is 0. The number of carbonyl (C=O) groups excluding carboxylic acids is 1. The van der Waals surface area contributed by atoms with Crippen molar-refractivity contribution in [3.8, 4) is 0 Å². The molecule has 0 spiro atoms. The van der Waals surface area contributed by atoms with Crippen LogP contribution in [0.4, 0.5) is 17.6 Å². The predicted octanol–water partition coefficient (Wildman–Crippen LogP) is -1.97. The van der Waals surface area contributed by atoms with Crippen molar-refractivity contribution >= 4 is 5.91 Å². The van der Waals surface area contributed by atoms with Crippen molar-refractivity contribution in [1.82, 2.24) is 10.9 Å². The maximum absolute atomic E-state index is 12.6. The Bertz CT molecular complexity index is 225. The number of halogens is 4. The van der Waals surface area contributed by atoms with Gasteiger partial charge in [-0.05, 0) is 0 Å². The van der Waals surface area contributed by atoms with Crippen LogP contribution >= 0.6 is 0 Å². The molecule has 0 unspecified atom stereocenters. The third kappa shape index (κ3) is 1.77. The fourth-order valence-corrected chi connectivity index (χ4v) is 0.575. The van der Waals surface area contributed by atoms with Crippen molar-refractivity contribution in [2.24, 2.45) is 11.7 Å². The molecular weight excluding hydrogens is 212 g/mol. The highest BCUT2D eigenvalue weighted by Gasteiger charge is 2.64. The molecule has 0 heterocycles. The number of aliphatic hydroxyl groups is 1. The number of hydrogen-bond donors (Lipinski definition) is 5. The number of amides is 1. The molecule has 1 amide bonds. The normalized spacial score (nSPS) is 16.6. The van der Waals surface area contributed by atoms with Gasteiger partial charge < -0.3 is 5.11 Å². The van der Waals surface area contributed by atoms with Gasteiger partial charge in [-0.25, -0.2) is 20.0 Å². The summed E-state index contributed by atoms with van der Waals surface area (Å²) in [4.78, 5) is 10.6. The van der Waals surface area contributed by atoms with Crippen molar-refractivity contribution in [2.45, 2.75) is 18.1 Å². The Kier molecular flexibility index (Phi) is 3.76. The van der Waals surface area contributed by atoms with Gasteiger partial charge in [0.2, 0.25) is 0 Å². The molecule has 0 aliphatic rings. The highest BCUT2D eigenvalue weighted by atomic mass is 19.3. The highest BCUT2D eigenvalue weighted by molar-refractivity contribution is 5.85. The molecule has 0 aromatic heterocycles. The third-order valence-corrected chi connectivity index (χ3v) is 1.43. The van der Waals surface area contributed by atoms with E-state index in [2.05, 4.69) is 11.7 Å². The van der Waals surface area contributed by atoms with Gasteiger partial charge in [0, 0.05) is 0 Å². The summed E-state index contributed by atoms with van der Waals surface area (Å²) in [6.45, 7) is 0. The van der Waals surface area contributed by atoms with Crippen molar-refractivity contribution in [3.05, 3.63) is 0 Å². The molecule has 0 bridgehead atoms. The summed E-state index contributed by atoms with van der Waals surface area (Å²) in [6, 6.07) is 0. The largest absolute Gasteiger partial charge is 0.362 e. The van der Waals surface area contributed by atoms with E-state index in [1.807, 2.05) is 0 Å². The van der Waals surface area contributed by atoms with Crippen LogP contribution < -0.4 is 22.5 Å². The van der Waals surface area contributed by atoms with Gasteiger partial charge >= 0.3 is 12.3 Å². The zero-order chi connectivity index (χ0) is 11.6. The van der Waals surface area contributed by atoms with E-state index >= 15 is 0 Å². The number of nitrogens with one attached hydrogen (secondary N) is 2. The summed E-state index contributed by atoms with van der Waals surface area (Å²) in [5, 5.41) is 8.83. The lowest BCUT2D eigenvalue weighted by molar-refractivity contribution is -0.248. The molecule has 14 heavy (non-hydrogen) atoms. The predicted molar refractivity (Wildman–Crippen MR) is 35.6 cm³/mol. The maximum atomic E-state index is 12.6. The van der Waals surface area contributed by atoms with E-state index in [9.17, 15) is 22.4 Å². The molecule has 1 atom stereocenters. The molecule has 0 aromatic rings. The molecule has 0 rings (SSSR count). The van der Waals surface area contributed by atoms with Crippen LogP contribution in [0, 0.1) is 0 Å². The fraction of sp³-hybridized carbons (Fsp3) is 0.750. The van der Waals surface area contributed by atoms with Crippen molar-refractivity contribution in [3.63, 3.8) is 0 Å². The monoisotopic (exact) mass is 220 g/mol. The van der Waals surface area contributed by atoms with Crippen LogP contribution in [-0.4, -0.2) is 29.1 Å². The summed E-state index contributed by atoms with van der Waals surface area (Å²) < 4.78 is 48.7. The molecule has 7 N–H and O–H groups in total. The van der Waals surface area contributed by atoms with Crippen LogP contribution in [0.15, 0.2) is 0 Å². The zero-order valence-electron chi connectivity index (χ0n) is 6.60. The van der Waals surface area contributed by atoms with Crippen molar-refractivity contribution in [2.75, 3.05) is 0 Å². The number of alkyl halides is 4. The van der Waals surface area contributed by atoms with Gasteiger partial charge in [0.15, 0.2) is 0 Å². The molecule has 10 heteroatoms. The Balaban J connectivity index is 5.13. The maximum Gasteiger partial charge on any atom is 0.359 e. The summed E-state index contributed by atoms with van der Waals surface area (Å²) in [7, 11) is 0. The molecule has 0 fully saturated rings. The summed E-state index contributed by atoms with van der Waals surface area (Å²) in [5.41, 5.74) is -2.01. The number of hydrazine groups is 2. The van der Waals surface area contributed by atoms with Gasteiger partial charge in [0.1, 0.15) is 0 Å². The number of rotatable bonds is 4. The third-order valence-electron chi connectivity index (χ3n) is 1.43. The van der Waals surface area contributed by atoms with Gasteiger partial charge in [-0.1, -0.05) is 0 Å². The topological polar surface area (TPSA) is 113 Å². The van der Waals surface area contributed by atoms with Crippen LogP contribution in [0.2, 0.25) is 0 Å². The Labute approximate surface area is 75.2 Å². The minimum atomic E-state index is -5.08. The Morgan fingerprint density at radius 3 is 2.00 bits per heavy atom. The molecule has 0 radical (unpaired) electrons. The second-order valence-corrected chi connectivity index (χ2v) is 2.25. The number of nitrogens with two attached hydrogens (primary N) is 2. The highest BCUT2D eigenvalue weighted by Crippen LogP contribution is 2.32. The second-order valence-electron chi connectivity index (χ2n) is 2.25. The minimum Gasteiger partial charge on any atom is -0.362 e. The van der Waals surface area contributed by atoms with E-state index in [4.69, 9.17) is 5.11 Å². The SMILES string of the molecule is NNC(=O)[C@@](O)(NN)C(F)(F)C(F)F. The Morgan fingerprint density at radius 2 is 1.79 bits per heavy atom. The van der Waals surface area contributed by atoms with Crippen molar-refractivity contribution < 1.29 is 27.5 Å². The molecule has 0 aliphatic heterocycles. The number of carbonyl (C=O) groups is 1. The summed E-state index contributed by atoms with van der Waals surface area (Å²) in [6.07, 6.45) is -4.29. The molecule has 0 aliphatic carbocycles. The molecule has 84 valence electrons. The first-order valence-corrected chi connectivity index (χ1v) is 3.11. The van der Waals surface area contributed by atoms with Crippen LogP contribution in [0.5, 0.6) is 0 Å². The van der Waals surface area contributed by atoms with Gasteiger partial charge in [0.05, 0.1) is 0 Å². The van der Waals surface area contributed by atoms with Gasteiger partial charge in [-0.15, -0.1) is 0 Å². The molecule has 0 aromatic carbocycles. The van der Waals surface area contributed by atoms with Crippen molar-refractivity contribution in [1.29, 1.82) is 0 Å². The van der Waals surface area contributed by atoms with E-state index < -0.39 is 24.0 Å². The first-order valence-electron chi connectivity index (χ1n) is 3.11. The van der Waals surface area contributed by atoms with Gasteiger partial charge in [0.25, 0.3) is 11.6 Å². The quantitative estimate of drug-likeness (QED) is 0.124. The van der Waals surface area contributed by atoms with Gasteiger partial charge in [-0.2, -0.15) is 8.78 Å². The van der Waals surface area contributed by atoms with Crippen LogP contribution in [-0.2, 0) is 4.79 Å². The zero-order valence-corrected chi connectivity index (χ0v) is 6.60. The van der Waals surface area contributed by atoms with Crippen LogP contribution in [0.3, 0.4) is 0 Å². The lowest BCUT2D eigenvalue weighted by atomic mass is 10.1. The van der Waals surface area contributed by atoms with E-state index in [0.29, 0.717) is 0 Å². The van der Waals surface area contributed by atoms with E-state index in [1.54, 1.807) is 0 Å². The second kappa shape index (κ2) is 4.04. The lowest BCUT2D eigenvalue weighted by Crippen LogP contribution is -2.72. The first-order chi connectivity index (χ1) is 6.24. The molecular formula is C4H8F4N4O2. The Morgan fingerprint density at radius 1 is 1.36 bits per heavy atom. The average Bonchev–Trinajstić information content (AvgIpc) is 2.14. The van der Waals surface area contributed by atoms with Gasteiger partial charge in [-0.3, -0.25) is 16.1 Å². The van der Waals surface area contributed by atoms with E-state index in [1.165, 1.54) is 0 Å². The van der Waals surface area contributed by atoms with E-state index in [-0.39, 0.29) is 0 Å². The summed E-state index contributed by atoms with van der Waals surface area (Å²) in [5.74, 6) is 1.72. The fourth-order valence-electron chi connectivity index (χ4n) is 0.575. The average molecular weight is 220 g/mol. The first kappa shape index (κ1) is 13.0. The van der Waals surface area contributed by atoms with Crippen LogP contribution in [0.1, 0.15) is 0 Å². The molecule has 0 saturated carbocycles. The molecule has 6 nitrogen and oxygen atoms in total. The van der Waals surface area contributed by atoms with E-state index in [0.717, 1.165) is 10.9 Å². The lowest BCUT2D eigenvalue weighted by Gasteiger charge is -2.31. The minimum absolute atomic E-state index is 0.884. The molecule has 0 saturated heterocycles. The smallest absolute Gasteiger partial charge is 0.359 e. The Hall–Kier alpha value is -0.970. The number of hydrogen-bond acceptors (Lipinski definition) is 5. The standard InChI is InChI=1S/C4H8F4N4O2/c5-1(6)3(7,8)4(14,12-10)2(13)11-9/h1,12,14H,9-10H2,(H,11,13)/t4-/m0/s1. The van der Waals surface area contributed by atoms with Crippen LogP contribution in [0.25, 0.3) is 0 Å².